The van der Waals surface area contributed by atoms with Crippen LogP contribution in [0.4, 0.5) is 0 Å². The highest BCUT2D eigenvalue weighted by Crippen LogP contribution is 2.43. The maximum Gasteiger partial charge on any atom is 0.0552 e. The van der Waals surface area contributed by atoms with Crippen molar-refractivity contribution in [1.82, 2.24) is 10.3 Å². The van der Waals surface area contributed by atoms with E-state index >= 15 is 0 Å². The number of hydrogen-bond acceptors (Lipinski definition) is 2. The zero-order chi connectivity index (χ0) is 16.7. The monoisotopic (exact) mass is 446 g/mol. The third kappa shape index (κ3) is 3.00. The minimum absolute atomic E-state index is 0.266. The largest absolute Gasteiger partial charge is 0.313 e. The Labute approximate surface area is 160 Å². The first-order chi connectivity index (χ1) is 11.6. The highest BCUT2D eigenvalue weighted by Gasteiger charge is 2.30. The summed E-state index contributed by atoms with van der Waals surface area (Å²) < 4.78 is 2.29. The van der Waals surface area contributed by atoms with Gasteiger partial charge in [-0.2, -0.15) is 0 Å². The molecule has 0 bridgehead atoms. The number of rotatable bonds is 1. The minimum Gasteiger partial charge on any atom is -0.313 e. The zero-order valence-electron chi connectivity index (χ0n) is 13.7. The molecule has 0 saturated carbocycles. The van der Waals surface area contributed by atoms with Crippen LogP contribution in [-0.2, 0) is 12.8 Å². The lowest BCUT2D eigenvalue weighted by Crippen LogP contribution is -2.24. The lowest BCUT2D eigenvalue weighted by Gasteiger charge is -2.26. The summed E-state index contributed by atoms with van der Waals surface area (Å²) in [6.07, 6.45) is 7.51. The fourth-order valence-electron chi connectivity index (χ4n) is 3.98. The number of aryl methyl sites for hydroxylation is 3. The van der Waals surface area contributed by atoms with Crippen molar-refractivity contribution >= 4 is 31.9 Å². The van der Waals surface area contributed by atoms with Crippen molar-refractivity contribution in [1.29, 1.82) is 0 Å². The molecular formula is C20H20Br2N2. The van der Waals surface area contributed by atoms with Gasteiger partial charge in [0.05, 0.1) is 5.69 Å². The van der Waals surface area contributed by atoms with E-state index < -0.39 is 0 Å². The smallest absolute Gasteiger partial charge is 0.0552 e. The summed E-state index contributed by atoms with van der Waals surface area (Å²) in [7, 11) is 0. The van der Waals surface area contributed by atoms with Gasteiger partial charge >= 0.3 is 0 Å². The SMILES string of the molecule is Cc1cc(Br)c2c(c1)CCc1cc(Br)cnc1[C@@H]2C1=CCNCC1. The molecule has 1 N–H and O–H groups in total. The molecule has 4 heteroatoms. The van der Waals surface area contributed by atoms with Crippen LogP contribution in [0, 0.1) is 6.92 Å². The molecule has 0 spiro atoms. The highest BCUT2D eigenvalue weighted by atomic mass is 79.9. The number of pyridine rings is 1. The van der Waals surface area contributed by atoms with Crippen LogP contribution in [0.15, 0.2) is 45.0 Å². The standard InChI is InChI=1S/C20H20Br2N2/c1-12-8-14-2-3-15-10-16(21)11-24-20(15)19(18(14)17(22)9-12)13-4-6-23-7-5-13/h4,8-11,19,23H,2-3,5-7H2,1H3/t19-/m1/s1. The molecule has 0 saturated heterocycles. The van der Waals surface area contributed by atoms with Gasteiger partial charge in [0.2, 0.25) is 0 Å². The molecule has 0 radical (unpaired) electrons. The molecule has 0 fully saturated rings. The Morgan fingerprint density at radius 1 is 1.08 bits per heavy atom. The molecule has 1 aromatic heterocycles. The van der Waals surface area contributed by atoms with E-state index in [0.717, 1.165) is 36.8 Å². The maximum atomic E-state index is 4.87. The first-order valence-corrected chi connectivity index (χ1v) is 10.0. The lowest BCUT2D eigenvalue weighted by molar-refractivity contribution is 0.666. The molecule has 1 atom stereocenters. The van der Waals surface area contributed by atoms with Crippen LogP contribution in [-0.4, -0.2) is 18.1 Å². The fraction of sp³-hybridized carbons (Fsp3) is 0.350. The van der Waals surface area contributed by atoms with Crippen LogP contribution >= 0.6 is 31.9 Å². The summed E-state index contributed by atoms with van der Waals surface area (Å²) in [4.78, 5) is 4.87. The second-order valence-corrected chi connectivity index (χ2v) is 8.45. The normalized spacial score (nSPS) is 20.0. The molecular weight excluding hydrogens is 428 g/mol. The van der Waals surface area contributed by atoms with Gasteiger partial charge in [-0.3, -0.25) is 4.98 Å². The van der Waals surface area contributed by atoms with Crippen LogP contribution in [0.25, 0.3) is 0 Å². The number of nitrogens with zero attached hydrogens (tertiary/aromatic N) is 1. The van der Waals surface area contributed by atoms with Gasteiger partial charge in [0.25, 0.3) is 0 Å². The Hall–Kier alpha value is -0.970. The van der Waals surface area contributed by atoms with Gasteiger partial charge < -0.3 is 5.32 Å². The molecule has 1 aliphatic heterocycles. The van der Waals surface area contributed by atoms with Gasteiger partial charge in [0.15, 0.2) is 0 Å². The van der Waals surface area contributed by atoms with Gasteiger partial charge in [-0.05, 0) is 83.0 Å². The molecule has 124 valence electrons. The third-order valence-corrected chi connectivity index (χ3v) is 6.11. The van der Waals surface area contributed by atoms with Gasteiger partial charge in [0, 0.05) is 27.6 Å². The summed E-state index contributed by atoms with van der Waals surface area (Å²) in [5, 5.41) is 3.43. The van der Waals surface area contributed by atoms with E-state index in [0.29, 0.717) is 0 Å². The number of nitrogens with one attached hydrogen (secondary N) is 1. The fourth-order valence-corrected chi connectivity index (χ4v) is 5.20. The Morgan fingerprint density at radius 2 is 1.92 bits per heavy atom. The van der Waals surface area contributed by atoms with Crippen LogP contribution in [0.2, 0.25) is 0 Å². The van der Waals surface area contributed by atoms with Crippen molar-refractivity contribution in [2.24, 2.45) is 0 Å². The molecule has 2 aromatic rings. The first-order valence-electron chi connectivity index (χ1n) is 8.46. The molecule has 1 aliphatic carbocycles. The number of halogens is 2. The molecule has 2 heterocycles. The Morgan fingerprint density at radius 3 is 2.71 bits per heavy atom. The van der Waals surface area contributed by atoms with Crippen LogP contribution < -0.4 is 5.32 Å². The van der Waals surface area contributed by atoms with E-state index in [1.807, 2.05) is 6.20 Å². The Balaban J connectivity index is 1.96. The van der Waals surface area contributed by atoms with Crippen molar-refractivity contribution in [3.8, 4) is 0 Å². The quantitative estimate of drug-likeness (QED) is 0.617. The Bertz CT molecular complexity index is 827. The topological polar surface area (TPSA) is 24.9 Å². The van der Waals surface area contributed by atoms with Crippen molar-refractivity contribution in [2.75, 3.05) is 13.1 Å². The van der Waals surface area contributed by atoms with Gasteiger partial charge in [-0.25, -0.2) is 0 Å². The average Bonchev–Trinajstić information content (AvgIpc) is 2.72. The van der Waals surface area contributed by atoms with Crippen molar-refractivity contribution in [2.45, 2.75) is 32.1 Å². The molecule has 0 amide bonds. The molecule has 24 heavy (non-hydrogen) atoms. The summed E-state index contributed by atoms with van der Waals surface area (Å²) >= 11 is 7.46. The van der Waals surface area contributed by atoms with E-state index in [9.17, 15) is 0 Å². The maximum absolute atomic E-state index is 4.87. The predicted octanol–water partition coefficient (Wildman–Crippen LogP) is 5.07. The van der Waals surface area contributed by atoms with Gasteiger partial charge in [-0.1, -0.05) is 33.6 Å². The summed E-state index contributed by atoms with van der Waals surface area (Å²) in [5.74, 6) is 0.266. The van der Waals surface area contributed by atoms with Crippen molar-refractivity contribution in [3.63, 3.8) is 0 Å². The minimum atomic E-state index is 0.266. The molecule has 2 aliphatic rings. The van der Waals surface area contributed by atoms with Gasteiger partial charge in [-0.15, -0.1) is 0 Å². The van der Waals surface area contributed by atoms with Crippen LogP contribution in [0.1, 0.15) is 40.3 Å². The number of aromatic nitrogens is 1. The van der Waals surface area contributed by atoms with E-state index in [1.54, 1.807) is 0 Å². The van der Waals surface area contributed by atoms with E-state index in [2.05, 4.69) is 68.4 Å². The van der Waals surface area contributed by atoms with Crippen LogP contribution in [0.3, 0.4) is 0 Å². The summed E-state index contributed by atoms with van der Waals surface area (Å²) in [6, 6.07) is 6.86. The first kappa shape index (κ1) is 16.5. The molecule has 2 nitrogen and oxygen atoms in total. The molecule has 0 unspecified atom stereocenters. The third-order valence-electron chi connectivity index (χ3n) is 5.02. The summed E-state index contributed by atoms with van der Waals surface area (Å²) in [5.41, 5.74) is 8.29. The summed E-state index contributed by atoms with van der Waals surface area (Å²) in [6.45, 7) is 4.18. The predicted molar refractivity (Wildman–Crippen MR) is 106 cm³/mol. The van der Waals surface area contributed by atoms with Gasteiger partial charge in [0.1, 0.15) is 0 Å². The number of hydrogen-bond donors (Lipinski definition) is 1. The molecule has 4 rings (SSSR count). The lowest BCUT2D eigenvalue weighted by atomic mass is 9.82. The van der Waals surface area contributed by atoms with Crippen LogP contribution in [0.5, 0.6) is 0 Å². The highest BCUT2D eigenvalue weighted by molar-refractivity contribution is 9.10. The number of fused-ring (bicyclic) bond motifs is 2. The molecule has 1 aromatic carbocycles. The van der Waals surface area contributed by atoms with Crippen molar-refractivity contribution < 1.29 is 0 Å². The van der Waals surface area contributed by atoms with E-state index in [-0.39, 0.29) is 5.92 Å². The number of benzene rings is 1. The average molecular weight is 448 g/mol. The Kier molecular flexibility index (Phi) is 4.63. The second-order valence-electron chi connectivity index (χ2n) is 6.68. The van der Waals surface area contributed by atoms with E-state index in [1.165, 1.54) is 38.0 Å². The van der Waals surface area contributed by atoms with E-state index in [4.69, 9.17) is 4.98 Å². The van der Waals surface area contributed by atoms with Crippen molar-refractivity contribution in [3.05, 3.63) is 72.9 Å². The zero-order valence-corrected chi connectivity index (χ0v) is 16.9. The second kappa shape index (κ2) is 6.74.